The summed E-state index contributed by atoms with van der Waals surface area (Å²) >= 11 is 1.23. The topological polar surface area (TPSA) is 54.9 Å². The van der Waals surface area contributed by atoms with Gasteiger partial charge in [0.15, 0.2) is 11.3 Å². The summed E-state index contributed by atoms with van der Waals surface area (Å²) in [7, 11) is 0. The Labute approximate surface area is 84.6 Å². The molecule has 1 N–H and O–H groups in total. The number of benzene rings is 1. The van der Waals surface area contributed by atoms with Crippen LogP contribution in [0, 0.1) is 0 Å². The van der Waals surface area contributed by atoms with Gasteiger partial charge < -0.3 is 5.32 Å². The minimum Gasteiger partial charge on any atom is -0.330 e. The molecule has 0 atom stereocenters. The lowest BCUT2D eigenvalue weighted by molar-refractivity contribution is 0.112. The molecule has 0 spiro atoms. The largest absolute Gasteiger partial charge is 0.330 e. The molecule has 0 aliphatic heterocycles. The van der Waals surface area contributed by atoms with Crippen molar-refractivity contribution in [2.75, 3.05) is 5.32 Å². The van der Waals surface area contributed by atoms with E-state index in [0.29, 0.717) is 16.4 Å². The number of nitrogens with zero attached hydrogens (tertiary/aromatic N) is 2. The van der Waals surface area contributed by atoms with Crippen LogP contribution in [0.25, 0.3) is 0 Å². The highest BCUT2D eigenvalue weighted by molar-refractivity contribution is 7.16. The smallest absolute Gasteiger partial charge is 0.210 e. The van der Waals surface area contributed by atoms with Crippen molar-refractivity contribution in [3.05, 3.63) is 35.3 Å². The first kappa shape index (κ1) is 8.83. The van der Waals surface area contributed by atoms with Crippen molar-refractivity contribution in [2.24, 2.45) is 0 Å². The average molecular weight is 205 g/mol. The van der Waals surface area contributed by atoms with Crippen molar-refractivity contribution >= 4 is 28.4 Å². The van der Waals surface area contributed by atoms with Crippen molar-refractivity contribution in [2.45, 2.75) is 0 Å². The molecule has 0 saturated carbocycles. The van der Waals surface area contributed by atoms with E-state index >= 15 is 0 Å². The summed E-state index contributed by atoms with van der Waals surface area (Å²) in [5.74, 6) is 0. The summed E-state index contributed by atoms with van der Waals surface area (Å²) < 4.78 is 0. The molecule has 1 heterocycles. The van der Waals surface area contributed by atoms with Gasteiger partial charge in [0.1, 0.15) is 0 Å². The maximum atomic E-state index is 10.4. The van der Waals surface area contributed by atoms with Crippen LogP contribution in [0.3, 0.4) is 0 Å². The SMILES string of the molecule is O=Cc1nnc(Nc2ccccc2)s1. The average Bonchev–Trinajstić information content (AvgIpc) is 2.67. The Morgan fingerprint density at radius 3 is 2.64 bits per heavy atom. The summed E-state index contributed by atoms with van der Waals surface area (Å²) in [6.07, 6.45) is 0.688. The molecule has 2 rings (SSSR count). The van der Waals surface area contributed by atoms with Crippen molar-refractivity contribution in [3.63, 3.8) is 0 Å². The van der Waals surface area contributed by atoms with Gasteiger partial charge in [-0.3, -0.25) is 4.79 Å². The van der Waals surface area contributed by atoms with Gasteiger partial charge in [0.05, 0.1) is 0 Å². The van der Waals surface area contributed by atoms with E-state index in [1.807, 2.05) is 30.3 Å². The molecular formula is C9H7N3OS. The molecule has 2 aromatic rings. The zero-order chi connectivity index (χ0) is 9.80. The first-order valence-electron chi connectivity index (χ1n) is 3.99. The maximum absolute atomic E-state index is 10.4. The second kappa shape index (κ2) is 3.97. The summed E-state index contributed by atoms with van der Waals surface area (Å²) in [5.41, 5.74) is 0.932. The Morgan fingerprint density at radius 1 is 1.21 bits per heavy atom. The molecule has 14 heavy (non-hydrogen) atoms. The van der Waals surface area contributed by atoms with Gasteiger partial charge in [-0.2, -0.15) is 0 Å². The van der Waals surface area contributed by atoms with E-state index < -0.39 is 0 Å². The fraction of sp³-hybridized carbons (Fsp3) is 0. The minimum atomic E-state index is 0.378. The van der Waals surface area contributed by atoms with Crippen LogP contribution < -0.4 is 5.32 Å². The normalized spacial score (nSPS) is 9.71. The van der Waals surface area contributed by atoms with Crippen LogP contribution in [0.4, 0.5) is 10.8 Å². The van der Waals surface area contributed by atoms with Gasteiger partial charge in [-0.1, -0.05) is 29.5 Å². The Morgan fingerprint density at radius 2 is 2.00 bits per heavy atom. The third-order valence-electron chi connectivity index (χ3n) is 1.57. The predicted molar refractivity (Wildman–Crippen MR) is 55.0 cm³/mol. The first-order valence-corrected chi connectivity index (χ1v) is 4.81. The Bertz CT molecular complexity index is 427. The standard InChI is InChI=1S/C9H7N3OS/c13-6-8-11-12-9(14-8)10-7-4-2-1-3-5-7/h1-6H,(H,10,12). The number of hydrogen-bond acceptors (Lipinski definition) is 5. The predicted octanol–water partition coefficient (Wildman–Crippen LogP) is 2.09. The van der Waals surface area contributed by atoms with Crippen LogP contribution in [0.1, 0.15) is 9.80 Å². The Hall–Kier alpha value is -1.75. The number of rotatable bonds is 3. The monoisotopic (exact) mass is 205 g/mol. The van der Waals surface area contributed by atoms with Gasteiger partial charge in [-0.05, 0) is 12.1 Å². The van der Waals surface area contributed by atoms with Gasteiger partial charge in [0, 0.05) is 5.69 Å². The lowest BCUT2D eigenvalue weighted by Crippen LogP contribution is -1.87. The molecule has 0 fully saturated rings. The number of aromatic nitrogens is 2. The van der Waals surface area contributed by atoms with Crippen LogP contribution in [0.2, 0.25) is 0 Å². The second-order valence-electron chi connectivity index (χ2n) is 2.55. The Balaban J connectivity index is 2.15. The Kier molecular flexibility index (Phi) is 2.51. The quantitative estimate of drug-likeness (QED) is 0.779. The maximum Gasteiger partial charge on any atom is 0.210 e. The van der Waals surface area contributed by atoms with E-state index in [1.165, 1.54) is 11.3 Å². The molecule has 0 bridgehead atoms. The van der Waals surface area contributed by atoms with E-state index in [1.54, 1.807) is 0 Å². The van der Waals surface area contributed by atoms with Gasteiger partial charge in [0.2, 0.25) is 5.13 Å². The lowest BCUT2D eigenvalue weighted by atomic mass is 10.3. The van der Waals surface area contributed by atoms with E-state index in [-0.39, 0.29) is 0 Å². The molecule has 0 radical (unpaired) electrons. The zero-order valence-electron chi connectivity index (χ0n) is 7.18. The van der Waals surface area contributed by atoms with Crippen molar-refractivity contribution in [1.29, 1.82) is 0 Å². The van der Waals surface area contributed by atoms with Crippen LogP contribution >= 0.6 is 11.3 Å². The van der Waals surface area contributed by atoms with Crippen LogP contribution in [0.5, 0.6) is 0 Å². The summed E-state index contributed by atoms with van der Waals surface area (Å²) in [6, 6.07) is 9.61. The highest BCUT2D eigenvalue weighted by Gasteiger charge is 2.01. The van der Waals surface area contributed by atoms with E-state index in [4.69, 9.17) is 0 Å². The summed E-state index contributed by atoms with van der Waals surface area (Å²) in [6.45, 7) is 0. The van der Waals surface area contributed by atoms with E-state index in [0.717, 1.165) is 5.69 Å². The third-order valence-corrected chi connectivity index (χ3v) is 2.33. The molecule has 70 valence electrons. The highest BCUT2D eigenvalue weighted by Crippen LogP contribution is 2.18. The zero-order valence-corrected chi connectivity index (χ0v) is 7.99. The number of anilines is 2. The van der Waals surface area contributed by atoms with Crippen molar-refractivity contribution in [1.82, 2.24) is 10.2 Å². The molecule has 4 nitrogen and oxygen atoms in total. The van der Waals surface area contributed by atoms with Crippen molar-refractivity contribution in [3.8, 4) is 0 Å². The van der Waals surface area contributed by atoms with Crippen LogP contribution in [0.15, 0.2) is 30.3 Å². The molecule has 0 amide bonds. The molecule has 5 heteroatoms. The lowest BCUT2D eigenvalue weighted by Gasteiger charge is -1.98. The van der Waals surface area contributed by atoms with Gasteiger partial charge in [-0.25, -0.2) is 0 Å². The number of aldehydes is 1. The molecule has 1 aromatic heterocycles. The van der Waals surface area contributed by atoms with E-state index in [9.17, 15) is 4.79 Å². The summed E-state index contributed by atoms with van der Waals surface area (Å²) in [5, 5.41) is 11.5. The van der Waals surface area contributed by atoms with Crippen molar-refractivity contribution < 1.29 is 4.79 Å². The first-order chi connectivity index (χ1) is 6.88. The number of carbonyl (C=O) groups excluding carboxylic acids is 1. The second-order valence-corrected chi connectivity index (χ2v) is 3.56. The van der Waals surface area contributed by atoms with Gasteiger partial charge in [0.25, 0.3) is 0 Å². The van der Waals surface area contributed by atoms with Crippen LogP contribution in [-0.2, 0) is 0 Å². The molecule has 0 aliphatic rings. The minimum absolute atomic E-state index is 0.378. The van der Waals surface area contributed by atoms with E-state index in [2.05, 4.69) is 15.5 Å². The number of hydrogen-bond donors (Lipinski definition) is 1. The third kappa shape index (κ3) is 1.94. The number of para-hydroxylation sites is 1. The highest BCUT2D eigenvalue weighted by atomic mass is 32.1. The van der Waals surface area contributed by atoms with Crippen LogP contribution in [-0.4, -0.2) is 16.5 Å². The molecule has 0 aliphatic carbocycles. The van der Waals surface area contributed by atoms with Gasteiger partial charge >= 0.3 is 0 Å². The molecule has 1 aromatic carbocycles. The molecule has 0 unspecified atom stereocenters. The van der Waals surface area contributed by atoms with Gasteiger partial charge in [-0.15, -0.1) is 10.2 Å². The fourth-order valence-electron chi connectivity index (χ4n) is 0.978. The summed E-state index contributed by atoms with van der Waals surface area (Å²) in [4.78, 5) is 10.4. The number of nitrogens with one attached hydrogen (secondary N) is 1. The number of carbonyl (C=O) groups is 1. The molecule has 0 saturated heterocycles. The molecular weight excluding hydrogens is 198 g/mol. The fourth-order valence-corrected chi connectivity index (χ4v) is 1.56.